The minimum Gasteiger partial charge on any atom is -0.379 e. The van der Waals surface area contributed by atoms with Crippen molar-refractivity contribution in [2.45, 2.75) is 39.2 Å². The number of ether oxygens (including phenoxy) is 1. The van der Waals surface area contributed by atoms with Gasteiger partial charge in [-0.25, -0.2) is 0 Å². The molecule has 0 radical (unpaired) electrons. The normalized spacial score (nSPS) is 24.5. The average Bonchev–Trinajstić information content (AvgIpc) is 2.45. The summed E-state index contributed by atoms with van der Waals surface area (Å²) in [4.78, 5) is 2.42. The van der Waals surface area contributed by atoms with E-state index in [0.717, 1.165) is 12.5 Å². The molecule has 0 bridgehead atoms. The molecule has 1 fully saturated rings. The van der Waals surface area contributed by atoms with Crippen molar-refractivity contribution in [3.63, 3.8) is 0 Å². The van der Waals surface area contributed by atoms with Crippen LogP contribution in [0.2, 0.25) is 0 Å². The van der Waals surface area contributed by atoms with E-state index in [9.17, 15) is 0 Å². The molecule has 1 aliphatic rings. The van der Waals surface area contributed by atoms with Crippen LogP contribution in [0.5, 0.6) is 0 Å². The van der Waals surface area contributed by atoms with Crippen molar-refractivity contribution < 1.29 is 4.74 Å². The molecule has 13 heavy (non-hydrogen) atoms. The molecule has 1 aliphatic heterocycles. The lowest BCUT2D eigenvalue weighted by atomic mass is 10.0. The topological polar surface area (TPSA) is 12.5 Å². The smallest absolute Gasteiger partial charge is 0.0518 e. The fourth-order valence-corrected chi connectivity index (χ4v) is 1.95. The molecular weight excluding hydrogens is 162 g/mol. The van der Waals surface area contributed by atoms with Gasteiger partial charge in [0.1, 0.15) is 0 Å². The van der Waals surface area contributed by atoms with Crippen molar-refractivity contribution in [2.24, 2.45) is 5.92 Å². The van der Waals surface area contributed by atoms with Gasteiger partial charge in [0.05, 0.1) is 6.10 Å². The molecule has 78 valence electrons. The Labute approximate surface area is 82.3 Å². The minimum atomic E-state index is 0.395. The van der Waals surface area contributed by atoms with Crippen LogP contribution in [0.15, 0.2) is 0 Å². The quantitative estimate of drug-likeness (QED) is 0.608. The molecule has 1 rings (SSSR count). The molecule has 0 N–H and O–H groups in total. The number of hydrogen-bond donors (Lipinski definition) is 0. The van der Waals surface area contributed by atoms with Crippen molar-refractivity contribution in [1.82, 2.24) is 4.90 Å². The van der Waals surface area contributed by atoms with Crippen LogP contribution in [0.25, 0.3) is 0 Å². The van der Waals surface area contributed by atoms with Crippen LogP contribution in [0, 0.1) is 5.92 Å². The first-order valence-corrected chi connectivity index (χ1v) is 5.48. The van der Waals surface area contributed by atoms with E-state index in [1.807, 2.05) is 0 Å². The van der Waals surface area contributed by atoms with E-state index in [0.29, 0.717) is 6.10 Å². The molecule has 0 aromatic rings. The zero-order valence-corrected chi connectivity index (χ0v) is 9.25. The summed E-state index contributed by atoms with van der Waals surface area (Å²) in [6.45, 7) is 7.72. The summed E-state index contributed by atoms with van der Waals surface area (Å²) in [6, 6.07) is 0. The Kier molecular flexibility index (Phi) is 4.74. The third-order valence-electron chi connectivity index (χ3n) is 2.70. The highest BCUT2D eigenvalue weighted by molar-refractivity contribution is 4.72. The van der Waals surface area contributed by atoms with Crippen LogP contribution in [-0.4, -0.2) is 37.7 Å². The van der Waals surface area contributed by atoms with Gasteiger partial charge >= 0.3 is 0 Å². The summed E-state index contributed by atoms with van der Waals surface area (Å²) < 4.78 is 5.51. The standard InChI is InChI=1S/C11H23NO/c1-10(2)13-8-4-5-11-6-7-12(3)9-11/h10-11H,4-9H2,1-3H3/t11-/m1/s1. The molecule has 0 saturated carbocycles. The van der Waals surface area contributed by atoms with Gasteiger partial charge < -0.3 is 9.64 Å². The third-order valence-corrected chi connectivity index (χ3v) is 2.70. The van der Waals surface area contributed by atoms with Crippen molar-refractivity contribution in [1.29, 1.82) is 0 Å². The van der Waals surface area contributed by atoms with Crippen molar-refractivity contribution in [2.75, 3.05) is 26.7 Å². The molecule has 0 spiro atoms. The molecule has 2 nitrogen and oxygen atoms in total. The zero-order valence-electron chi connectivity index (χ0n) is 9.25. The van der Waals surface area contributed by atoms with Gasteiger partial charge in [-0.05, 0) is 52.6 Å². The molecule has 0 unspecified atom stereocenters. The van der Waals surface area contributed by atoms with Crippen LogP contribution < -0.4 is 0 Å². The van der Waals surface area contributed by atoms with E-state index < -0.39 is 0 Å². The highest BCUT2D eigenvalue weighted by atomic mass is 16.5. The maximum atomic E-state index is 5.51. The van der Waals surface area contributed by atoms with Gasteiger partial charge in [-0.2, -0.15) is 0 Å². The van der Waals surface area contributed by atoms with Crippen molar-refractivity contribution in [3.05, 3.63) is 0 Å². The molecule has 0 aromatic carbocycles. The molecule has 0 aromatic heterocycles. The van der Waals surface area contributed by atoms with Crippen LogP contribution in [0.1, 0.15) is 33.1 Å². The second-order valence-electron chi connectivity index (χ2n) is 4.48. The van der Waals surface area contributed by atoms with Crippen molar-refractivity contribution >= 4 is 0 Å². The molecular formula is C11H23NO. The van der Waals surface area contributed by atoms with E-state index in [1.165, 1.54) is 32.4 Å². The summed E-state index contributed by atoms with van der Waals surface area (Å²) >= 11 is 0. The second kappa shape index (κ2) is 5.61. The minimum absolute atomic E-state index is 0.395. The Morgan fingerprint density at radius 1 is 1.46 bits per heavy atom. The Morgan fingerprint density at radius 2 is 2.23 bits per heavy atom. The monoisotopic (exact) mass is 185 g/mol. The van der Waals surface area contributed by atoms with E-state index in [4.69, 9.17) is 4.74 Å². The fraction of sp³-hybridized carbons (Fsp3) is 1.00. The fourth-order valence-electron chi connectivity index (χ4n) is 1.95. The van der Waals surface area contributed by atoms with E-state index in [-0.39, 0.29) is 0 Å². The first-order chi connectivity index (χ1) is 6.18. The first kappa shape index (κ1) is 11.0. The predicted octanol–water partition coefficient (Wildman–Crippen LogP) is 2.14. The van der Waals surface area contributed by atoms with E-state index in [1.54, 1.807) is 0 Å². The van der Waals surface area contributed by atoms with Gasteiger partial charge in [-0.15, -0.1) is 0 Å². The average molecular weight is 185 g/mol. The largest absolute Gasteiger partial charge is 0.379 e. The molecule has 0 amide bonds. The van der Waals surface area contributed by atoms with Gasteiger partial charge in [0.15, 0.2) is 0 Å². The molecule has 1 saturated heterocycles. The van der Waals surface area contributed by atoms with Gasteiger partial charge in [-0.3, -0.25) is 0 Å². The predicted molar refractivity (Wildman–Crippen MR) is 55.9 cm³/mol. The van der Waals surface area contributed by atoms with Gasteiger partial charge in [0, 0.05) is 13.2 Å². The van der Waals surface area contributed by atoms with Crippen molar-refractivity contribution in [3.8, 4) is 0 Å². The lowest BCUT2D eigenvalue weighted by molar-refractivity contribution is 0.0738. The molecule has 1 heterocycles. The Hall–Kier alpha value is -0.0800. The number of likely N-dealkylation sites (tertiary alicyclic amines) is 1. The van der Waals surface area contributed by atoms with Gasteiger partial charge in [-0.1, -0.05) is 0 Å². The first-order valence-electron chi connectivity index (χ1n) is 5.48. The summed E-state index contributed by atoms with van der Waals surface area (Å²) in [5.74, 6) is 0.931. The van der Waals surface area contributed by atoms with E-state index >= 15 is 0 Å². The lowest BCUT2D eigenvalue weighted by Gasteiger charge is -2.11. The summed E-state index contributed by atoms with van der Waals surface area (Å²) in [7, 11) is 2.21. The summed E-state index contributed by atoms with van der Waals surface area (Å²) in [5.41, 5.74) is 0. The third kappa shape index (κ3) is 4.63. The summed E-state index contributed by atoms with van der Waals surface area (Å²) in [6.07, 6.45) is 4.36. The number of nitrogens with zero attached hydrogens (tertiary/aromatic N) is 1. The SMILES string of the molecule is CC(C)OCCC[C@@H]1CCN(C)C1. The maximum absolute atomic E-state index is 5.51. The van der Waals surface area contributed by atoms with E-state index in [2.05, 4.69) is 25.8 Å². The van der Waals surface area contributed by atoms with Crippen LogP contribution in [-0.2, 0) is 4.74 Å². The Morgan fingerprint density at radius 3 is 2.77 bits per heavy atom. The Balaban J connectivity index is 1.94. The Bertz CT molecular complexity index is 136. The lowest BCUT2D eigenvalue weighted by Crippen LogP contribution is -2.14. The molecule has 0 aliphatic carbocycles. The highest BCUT2D eigenvalue weighted by Gasteiger charge is 2.18. The van der Waals surface area contributed by atoms with Crippen LogP contribution in [0.4, 0.5) is 0 Å². The van der Waals surface area contributed by atoms with Crippen LogP contribution in [0.3, 0.4) is 0 Å². The molecule has 2 heteroatoms. The number of hydrogen-bond acceptors (Lipinski definition) is 2. The molecule has 1 atom stereocenters. The second-order valence-corrected chi connectivity index (χ2v) is 4.48. The van der Waals surface area contributed by atoms with Crippen LogP contribution >= 0.6 is 0 Å². The highest BCUT2D eigenvalue weighted by Crippen LogP contribution is 2.19. The maximum Gasteiger partial charge on any atom is 0.0518 e. The zero-order chi connectivity index (χ0) is 9.68. The van der Waals surface area contributed by atoms with Gasteiger partial charge in [0.2, 0.25) is 0 Å². The van der Waals surface area contributed by atoms with Gasteiger partial charge in [0.25, 0.3) is 0 Å². The number of rotatable bonds is 5. The summed E-state index contributed by atoms with van der Waals surface area (Å²) in [5, 5.41) is 0.